The van der Waals surface area contributed by atoms with Crippen molar-refractivity contribution in [2.45, 2.75) is 39.0 Å². The number of esters is 1. The van der Waals surface area contributed by atoms with E-state index in [4.69, 9.17) is 4.74 Å². The van der Waals surface area contributed by atoms with Crippen molar-refractivity contribution < 1.29 is 18.7 Å². The van der Waals surface area contributed by atoms with E-state index in [1.54, 1.807) is 30.0 Å². The topological polar surface area (TPSA) is 72.4 Å². The van der Waals surface area contributed by atoms with Gasteiger partial charge in [-0.2, -0.15) is 0 Å². The molecule has 2 atom stereocenters. The van der Waals surface area contributed by atoms with Crippen molar-refractivity contribution in [3.05, 3.63) is 42.5 Å². The molecule has 2 fully saturated rings. The molecule has 0 bridgehead atoms. The van der Waals surface area contributed by atoms with Gasteiger partial charge in [0.2, 0.25) is 5.91 Å². The maximum Gasteiger partial charge on any atom is 0.308 e. The van der Waals surface area contributed by atoms with Crippen LogP contribution in [0, 0.1) is 17.2 Å². The lowest BCUT2D eigenvalue weighted by Gasteiger charge is -2.35. The number of halogens is 1. The summed E-state index contributed by atoms with van der Waals surface area (Å²) >= 11 is 0. The summed E-state index contributed by atoms with van der Waals surface area (Å²) in [6.45, 7) is 2.72. The molecule has 1 spiro atoms. The fraction of sp³-hybridized carbons (Fsp3) is 0.455. The van der Waals surface area contributed by atoms with E-state index < -0.39 is 5.41 Å². The maximum atomic E-state index is 13.4. The lowest BCUT2D eigenvalue weighted by molar-refractivity contribution is -0.151. The summed E-state index contributed by atoms with van der Waals surface area (Å²) in [6.07, 6.45) is 5.07. The molecule has 2 unspecified atom stereocenters. The average molecular weight is 397 g/mol. The quantitative estimate of drug-likeness (QED) is 0.735. The Morgan fingerprint density at radius 1 is 1.28 bits per heavy atom. The van der Waals surface area contributed by atoms with Gasteiger partial charge >= 0.3 is 5.97 Å². The first kappa shape index (κ1) is 19.5. The number of amides is 1. The summed E-state index contributed by atoms with van der Waals surface area (Å²) in [4.78, 5) is 35.9. The molecule has 1 aromatic carbocycles. The van der Waals surface area contributed by atoms with Gasteiger partial charge in [-0.15, -0.1) is 0 Å². The summed E-state index contributed by atoms with van der Waals surface area (Å²) in [5.41, 5.74) is 0.879. The van der Waals surface area contributed by atoms with Crippen molar-refractivity contribution >= 4 is 17.7 Å². The SMILES string of the molecule is CCOC(=O)C1CCCC2(CCN(c3cc(-c4ccc(F)cc4)ncn3)C2=O)C1. The standard InChI is InChI=1S/C22H24FN3O3/c1-2-29-20(27)16-4-3-9-22(13-16)10-11-26(21(22)28)19-12-18(24-14-25-19)15-5-7-17(23)8-6-15/h5-8,12,14,16H,2-4,9-11,13H2,1H3. The van der Waals surface area contributed by atoms with Crippen molar-refractivity contribution in [3.63, 3.8) is 0 Å². The number of aromatic nitrogens is 2. The van der Waals surface area contributed by atoms with Crippen molar-refractivity contribution in [3.8, 4) is 11.3 Å². The molecule has 6 nitrogen and oxygen atoms in total. The highest BCUT2D eigenvalue weighted by atomic mass is 19.1. The second-order valence-electron chi connectivity index (χ2n) is 7.80. The molecule has 1 saturated heterocycles. The van der Waals surface area contributed by atoms with E-state index in [1.807, 2.05) is 0 Å². The molecular formula is C22H24FN3O3. The van der Waals surface area contributed by atoms with Crippen molar-refractivity contribution in [2.24, 2.45) is 11.3 Å². The van der Waals surface area contributed by atoms with Crippen molar-refractivity contribution in [1.29, 1.82) is 0 Å². The molecule has 2 heterocycles. The summed E-state index contributed by atoms with van der Waals surface area (Å²) in [6, 6.07) is 7.82. The predicted molar refractivity (Wildman–Crippen MR) is 105 cm³/mol. The number of hydrogen-bond donors (Lipinski definition) is 0. The van der Waals surface area contributed by atoms with Gasteiger partial charge in [0.1, 0.15) is 18.0 Å². The zero-order valence-electron chi connectivity index (χ0n) is 16.4. The van der Waals surface area contributed by atoms with Gasteiger partial charge in [-0.25, -0.2) is 14.4 Å². The molecule has 1 aliphatic heterocycles. The molecular weight excluding hydrogens is 373 g/mol. The molecule has 4 rings (SSSR count). The van der Waals surface area contributed by atoms with Crippen LogP contribution in [-0.2, 0) is 14.3 Å². The molecule has 7 heteroatoms. The second-order valence-corrected chi connectivity index (χ2v) is 7.80. The van der Waals surface area contributed by atoms with Crippen LogP contribution in [0.4, 0.5) is 10.2 Å². The molecule has 1 saturated carbocycles. The Balaban J connectivity index is 1.55. The van der Waals surface area contributed by atoms with E-state index in [1.165, 1.54) is 18.5 Å². The lowest BCUT2D eigenvalue weighted by atomic mass is 9.68. The van der Waals surface area contributed by atoms with E-state index in [0.29, 0.717) is 37.5 Å². The Labute approximate surface area is 169 Å². The third kappa shape index (κ3) is 3.73. The Kier molecular flexibility index (Phi) is 5.30. The zero-order valence-corrected chi connectivity index (χ0v) is 16.4. The van der Waals surface area contributed by atoms with Crippen LogP contribution in [0.15, 0.2) is 36.7 Å². The lowest BCUT2D eigenvalue weighted by Crippen LogP contribution is -2.40. The number of nitrogens with zero attached hydrogens (tertiary/aromatic N) is 3. The highest BCUT2D eigenvalue weighted by Crippen LogP contribution is 2.48. The first-order valence-corrected chi connectivity index (χ1v) is 10.1. The van der Waals surface area contributed by atoms with Gasteiger partial charge in [0.15, 0.2) is 0 Å². The van der Waals surface area contributed by atoms with Crippen molar-refractivity contribution in [1.82, 2.24) is 9.97 Å². The van der Waals surface area contributed by atoms with Gasteiger partial charge in [0, 0.05) is 18.2 Å². The van der Waals surface area contributed by atoms with Crippen LogP contribution in [0.5, 0.6) is 0 Å². The van der Waals surface area contributed by atoms with Crippen LogP contribution in [0.25, 0.3) is 11.3 Å². The highest BCUT2D eigenvalue weighted by Gasteiger charge is 2.51. The van der Waals surface area contributed by atoms with E-state index in [0.717, 1.165) is 24.8 Å². The monoisotopic (exact) mass is 397 g/mol. The fourth-order valence-corrected chi connectivity index (χ4v) is 4.56. The molecule has 1 amide bonds. The maximum absolute atomic E-state index is 13.4. The van der Waals surface area contributed by atoms with Gasteiger partial charge < -0.3 is 4.74 Å². The molecule has 152 valence electrons. The minimum atomic E-state index is -0.517. The highest BCUT2D eigenvalue weighted by molar-refractivity contribution is 5.99. The molecule has 0 radical (unpaired) electrons. The van der Waals surface area contributed by atoms with Gasteiger partial charge in [-0.1, -0.05) is 6.42 Å². The Bertz CT molecular complexity index is 918. The summed E-state index contributed by atoms with van der Waals surface area (Å²) in [5.74, 6) is -0.158. The van der Waals surface area contributed by atoms with E-state index >= 15 is 0 Å². The number of benzene rings is 1. The average Bonchev–Trinajstić information content (AvgIpc) is 3.04. The van der Waals surface area contributed by atoms with Gasteiger partial charge in [0.25, 0.3) is 0 Å². The van der Waals surface area contributed by atoms with E-state index in [2.05, 4.69) is 9.97 Å². The number of carbonyl (C=O) groups is 2. The summed E-state index contributed by atoms with van der Waals surface area (Å²) < 4.78 is 18.4. The van der Waals surface area contributed by atoms with Crippen LogP contribution in [-0.4, -0.2) is 35.0 Å². The van der Waals surface area contributed by atoms with Crippen molar-refractivity contribution in [2.75, 3.05) is 18.1 Å². The number of carbonyl (C=O) groups excluding carboxylic acids is 2. The summed E-state index contributed by atoms with van der Waals surface area (Å²) in [5, 5.41) is 0. The van der Waals surface area contributed by atoms with E-state index in [-0.39, 0.29) is 23.6 Å². The van der Waals surface area contributed by atoms with Crippen LogP contribution < -0.4 is 4.90 Å². The third-order valence-electron chi connectivity index (χ3n) is 6.05. The number of rotatable bonds is 4. The minimum absolute atomic E-state index is 0.0234. The normalized spacial score (nSPS) is 24.1. The Hall–Kier alpha value is -2.83. The van der Waals surface area contributed by atoms with Crippen LogP contribution in [0.1, 0.15) is 39.0 Å². The Morgan fingerprint density at radius 3 is 2.83 bits per heavy atom. The first-order chi connectivity index (χ1) is 14.0. The third-order valence-corrected chi connectivity index (χ3v) is 6.05. The first-order valence-electron chi connectivity index (χ1n) is 10.1. The number of ether oxygens (including phenoxy) is 1. The van der Waals surface area contributed by atoms with Gasteiger partial charge in [-0.3, -0.25) is 14.5 Å². The fourth-order valence-electron chi connectivity index (χ4n) is 4.56. The number of hydrogen-bond acceptors (Lipinski definition) is 5. The molecule has 2 aromatic rings. The largest absolute Gasteiger partial charge is 0.466 e. The molecule has 29 heavy (non-hydrogen) atoms. The zero-order chi connectivity index (χ0) is 20.4. The summed E-state index contributed by atoms with van der Waals surface area (Å²) in [7, 11) is 0. The molecule has 1 aliphatic carbocycles. The van der Waals surface area contributed by atoms with Crippen LogP contribution in [0.2, 0.25) is 0 Å². The molecule has 2 aliphatic rings. The molecule has 0 N–H and O–H groups in total. The molecule has 1 aromatic heterocycles. The Morgan fingerprint density at radius 2 is 2.07 bits per heavy atom. The van der Waals surface area contributed by atoms with E-state index in [9.17, 15) is 14.0 Å². The van der Waals surface area contributed by atoms with Gasteiger partial charge in [0.05, 0.1) is 23.6 Å². The predicted octanol–water partition coefficient (Wildman–Crippen LogP) is 3.76. The van der Waals surface area contributed by atoms with Crippen LogP contribution in [0.3, 0.4) is 0 Å². The smallest absolute Gasteiger partial charge is 0.308 e. The van der Waals surface area contributed by atoms with Crippen LogP contribution >= 0.6 is 0 Å². The second kappa shape index (κ2) is 7.89. The minimum Gasteiger partial charge on any atom is -0.466 e. The van der Waals surface area contributed by atoms with Gasteiger partial charge in [-0.05, 0) is 56.9 Å². The number of anilines is 1.